The number of aromatic nitrogens is 1. The molecule has 0 fully saturated rings. The maximum absolute atomic E-state index is 12.1. The molecule has 0 N–H and O–H groups in total. The predicted octanol–water partition coefficient (Wildman–Crippen LogP) is 3.10. The van der Waals surface area contributed by atoms with Gasteiger partial charge in [0.2, 0.25) is 0 Å². The van der Waals surface area contributed by atoms with Gasteiger partial charge in [-0.2, -0.15) is 0 Å². The van der Waals surface area contributed by atoms with E-state index in [0.29, 0.717) is 11.1 Å². The number of ketones is 1. The summed E-state index contributed by atoms with van der Waals surface area (Å²) in [5, 5.41) is 10.9. The van der Waals surface area contributed by atoms with Gasteiger partial charge in [0.05, 0.1) is 11.1 Å². The molecule has 0 unspecified atom stereocenters. The number of nitro groups is 1. The Morgan fingerprint density at radius 2 is 1.95 bits per heavy atom. The number of aryl methyl sites for hydroxylation is 2. The first-order valence-electron chi connectivity index (χ1n) is 6.52. The topological polar surface area (TPSA) is 82.2 Å². The second-order valence-electron chi connectivity index (χ2n) is 4.81. The summed E-state index contributed by atoms with van der Waals surface area (Å²) in [6, 6.07) is 8.11. The first-order valence-corrected chi connectivity index (χ1v) is 7.32. The van der Waals surface area contributed by atoms with Gasteiger partial charge in [-0.05, 0) is 19.1 Å². The van der Waals surface area contributed by atoms with Gasteiger partial charge < -0.3 is 4.57 Å². The summed E-state index contributed by atoms with van der Waals surface area (Å²) in [7, 11) is 0. The van der Waals surface area contributed by atoms with Crippen LogP contribution >= 0.6 is 15.9 Å². The third-order valence-corrected chi connectivity index (χ3v) is 3.78. The molecule has 0 saturated heterocycles. The normalized spacial score (nSPS) is 10.5. The van der Waals surface area contributed by atoms with Crippen molar-refractivity contribution < 1.29 is 9.72 Å². The minimum absolute atomic E-state index is 0.0990. The van der Waals surface area contributed by atoms with Gasteiger partial charge in [0.15, 0.2) is 5.78 Å². The van der Waals surface area contributed by atoms with E-state index in [1.54, 1.807) is 24.3 Å². The Bertz CT molecular complexity index is 781. The van der Waals surface area contributed by atoms with Crippen LogP contribution in [0.1, 0.15) is 22.3 Å². The number of carbonyl (C=O) groups excluding carboxylic acids is 1. The van der Waals surface area contributed by atoms with E-state index in [0.717, 1.165) is 4.47 Å². The van der Waals surface area contributed by atoms with Crippen LogP contribution < -0.4 is 5.56 Å². The highest BCUT2D eigenvalue weighted by molar-refractivity contribution is 9.10. The number of pyridine rings is 1. The van der Waals surface area contributed by atoms with Crippen molar-refractivity contribution in [1.29, 1.82) is 0 Å². The smallest absolute Gasteiger partial charge is 0.288 e. The molecule has 6 nitrogen and oxygen atoms in total. The van der Waals surface area contributed by atoms with E-state index < -0.39 is 4.92 Å². The molecule has 22 heavy (non-hydrogen) atoms. The predicted molar refractivity (Wildman–Crippen MR) is 85.2 cm³/mol. The number of hydrogen-bond donors (Lipinski definition) is 0. The fourth-order valence-electron chi connectivity index (χ4n) is 2.02. The Hall–Kier alpha value is -2.28. The van der Waals surface area contributed by atoms with Crippen molar-refractivity contribution in [3.05, 3.63) is 72.6 Å². The molecule has 2 aromatic rings. The summed E-state index contributed by atoms with van der Waals surface area (Å²) >= 11 is 3.29. The zero-order valence-corrected chi connectivity index (χ0v) is 13.4. The molecule has 1 aromatic heterocycles. The lowest BCUT2D eigenvalue weighted by Gasteiger charge is -2.06. The van der Waals surface area contributed by atoms with E-state index in [4.69, 9.17) is 0 Å². The second kappa shape index (κ2) is 6.65. The molecule has 7 heteroatoms. The Balaban J connectivity index is 2.16. The third kappa shape index (κ3) is 3.67. The molecule has 0 aliphatic carbocycles. The van der Waals surface area contributed by atoms with Gasteiger partial charge in [-0.3, -0.25) is 19.7 Å². The Morgan fingerprint density at radius 3 is 2.55 bits per heavy atom. The van der Waals surface area contributed by atoms with Crippen LogP contribution in [-0.4, -0.2) is 15.3 Å². The average Bonchev–Trinajstić information content (AvgIpc) is 2.46. The fraction of sp³-hybridized carbons (Fsp3) is 0.200. The molecular formula is C15H13BrN2O4. The number of benzene rings is 1. The molecule has 2 rings (SSSR count). The van der Waals surface area contributed by atoms with Crippen LogP contribution in [0.25, 0.3) is 0 Å². The van der Waals surface area contributed by atoms with Crippen molar-refractivity contribution in [2.75, 3.05) is 0 Å². The molecule has 0 spiro atoms. The summed E-state index contributed by atoms with van der Waals surface area (Å²) in [6.07, 6.45) is 1.29. The van der Waals surface area contributed by atoms with Crippen molar-refractivity contribution in [1.82, 2.24) is 4.57 Å². The molecule has 0 amide bonds. The summed E-state index contributed by atoms with van der Waals surface area (Å²) in [5.74, 6) is -0.123. The standard InChI is InChI=1S/C15H13BrN2O4/c1-10-8-15(20)17(9-13(10)18(21)22)7-6-14(19)11-2-4-12(16)5-3-11/h2-5,8-9H,6-7H2,1H3. The van der Waals surface area contributed by atoms with Crippen molar-refractivity contribution in [3.8, 4) is 0 Å². The van der Waals surface area contributed by atoms with Gasteiger partial charge in [-0.15, -0.1) is 0 Å². The van der Waals surface area contributed by atoms with Crippen LogP contribution in [0.15, 0.2) is 45.8 Å². The SMILES string of the molecule is Cc1cc(=O)n(CCC(=O)c2ccc(Br)cc2)cc1[N+](=O)[O-]. The largest absolute Gasteiger partial charge is 0.308 e. The lowest BCUT2D eigenvalue weighted by molar-refractivity contribution is -0.385. The van der Waals surface area contributed by atoms with E-state index in [9.17, 15) is 19.7 Å². The summed E-state index contributed by atoms with van der Waals surface area (Å²) in [6.45, 7) is 1.62. The van der Waals surface area contributed by atoms with Gasteiger partial charge in [0.1, 0.15) is 0 Å². The van der Waals surface area contributed by atoms with Crippen LogP contribution in [0.5, 0.6) is 0 Å². The van der Waals surface area contributed by atoms with Gasteiger partial charge in [0, 0.05) is 34.6 Å². The molecule has 0 aliphatic heterocycles. The number of hydrogen-bond acceptors (Lipinski definition) is 4. The van der Waals surface area contributed by atoms with Gasteiger partial charge in [-0.1, -0.05) is 28.1 Å². The highest BCUT2D eigenvalue weighted by Crippen LogP contribution is 2.15. The van der Waals surface area contributed by atoms with Crippen LogP contribution in [0.3, 0.4) is 0 Å². The van der Waals surface area contributed by atoms with Crippen LogP contribution in [0.2, 0.25) is 0 Å². The van der Waals surface area contributed by atoms with Crippen molar-refractivity contribution in [2.24, 2.45) is 0 Å². The lowest BCUT2D eigenvalue weighted by atomic mass is 10.1. The summed E-state index contributed by atoms with van der Waals surface area (Å²) in [5.41, 5.74) is 0.366. The molecule has 1 heterocycles. The monoisotopic (exact) mass is 364 g/mol. The average molecular weight is 365 g/mol. The van der Waals surface area contributed by atoms with Crippen molar-refractivity contribution in [3.63, 3.8) is 0 Å². The highest BCUT2D eigenvalue weighted by Gasteiger charge is 2.14. The molecule has 1 aromatic carbocycles. The minimum Gasteiger partial charge on any atom is -0.308 e. The molecular weight excluding hydrogens is 352 g/mol. The lowest BCUT2D eigenvalue weighted by Crippen LogP contribution is -2.21. The van der Waals surface area contributed by atoms with E-state index in [1.807, 2.05) is 0 Å². The maximum atomic E-state index is 12.1. The minimum atomic E-state index is -0.540. The van der Waals surface area contributed by atoms with E-state index in [2.05, 4.69) is 15.9 Å². The van der Waals surface area contributed by atoms with E-state index >= 15 is 0 Å². The number of nitrogens with zero attached hydrogens (tertiary/aromatic N) is 2. The Morgan fingerprint density at radius 1 is 1.32 bits per heavy atom. The van der Waals surface area contributed by atoms with Crippen molar-refractivity contribution in [2.45, 2.75) is 19.9 Å². The highest BCUT2D eigenvalue weighted by atomic mass is 79.9. The number of halogens is 1. The molecule has 0 saturated carbocycles. The molecule has 114 valence electrons. The van der Waals surface area contributed by atoms with Crippen molar-refractivity contribution >= 4 is 27.4 Å². The van der Waals surface area contributed by atoms with Gasteiger partial charge >= 0.3 is 0 Å². The van der Waals surface area contributed by atoms with E-state index in [1.165, 1.54) is 23.8 Å². The number of carbonyl (C=O) groups is 1. The fourth-order valence-corrected chi connectivity index (χ4v) is 2.29. The zero-order valence-electron chi connectivity index (χ0n) is 11.8. The molecule has 0 atom stereocenters. The van der Waals surface area contributed by atoms with Gasteiger partial charge in [0.25, 0.3) is 11.2 Å². The summed E-state index contributed by atoms with van der Waals surface area (Å²) in [4.78, 5) is 34.2. The zero-order chi connectivity index (χ0) is 16.3. The number of rotatable bonds is 5. The molecule has 0 radical (unpaired) electrons. The maximum Gasteiger partial charge on any atom is 0.288 e. The van der Waals surface area contributed by atoms with Gasteiger partial charge in [-0.25, -0.2) is 0 Å². The first kappa shape index (κ1) is 16.1. The molecule has 0 aliphatic rings. The quantitative estimate of drug-likeness (QED) is 0.463. The Labute approximate surface area is 134 Å². The Kier molecular flexibility index (Phi) is 4.87. The van der Waals surface area contributed by atoms with E-state index in [-0.39, 0.29) is 30.0 Å². The first-order chi connectivity index (χ1) is 10.4. The van der Waals surface area contributed by atoms with Crippen LogP contribution in [-0.2, 0) is 6.54 Å². The summed E-state index contributed by atoms with van der Waals surface area (Å²) < 4.78 is 2.07. The van der Waals surface area contributed by atoms with Crippen LogP contribution in [0.4, 0.5) is 5.69 Å². The third-order valence-electron chi connectivity index (χ3n) is 3.25. The molecule has 0 bridgehead atoms. The van der Waals surface area contributed by atoms with Crippen LogP contribution in [0, 0.1) is 17.0 Å². The second-order valence-corrected chi connectivity index (χ2v) is 5.73. The number of Topliss-reactive ketones (excluding diaryl/α,β-unsaturated/α-hetero) is 1.